The quantitative estimate of drug-likeness (QED) is 0.713. The minimum atomic E-state index is 0.290. The molecule has 1 rings (SSSR count). The largest absolute Gasteiger partial charge is 0.492 e. The zero-order chi connectivity index (χ0) is 12.0. The number of rotatable bonds is 6. The molecule has 0 heterocycles. The van der Waals surface area contributed by atoms with E-state index in [9.17, 15) is 4.79 Å². The van der Waals surface area contributed by atoms with Gasteiger partial charge in [0, 0.05) is 17.3 Å². The molecule has 88 valence electrons. The van der Waals surface area contributed by atoms with Crippen molar-refractivity contribution in [1.82, 2.24) is 0 Å². The maximum Gasteiger partial charge on any atom is 0.133 e. The molecule has 0 amide bonds. The number of carbonyl (C=O) groups is 1. The Bertz CT molecular complexity index is 364. The van der Waals surface area contributed by atoms with Crippen LogP contribution in [0.4, 0.5) is 0 Å². The molecule has 0 aliphatic carbocycles. The second-order valence-electron chi connectivity index (χ2n) is 3.42. The maximum atomic E-state index is 11.1. The fourth-order valence-electron chi connectivity index (χ4n) is 1.22. The van der Waals surface area contributed by atoms with Gasteiger partial charge in [-0.15, -0.1) is 0 Å². The first kappa shape index (κ1) is 13.7. The molecular weight excluding hydrogens is 336 g/mol. The highest BCUT2D eigenvalue weighted by Crippen LogP contribution is 2.28. The Morgan fingerprint density at radius 3 is 2.75 bits per heavy atom. The molecular formula is C12H14Br2O2. The first-order valence-corrected chi connectivity index (χ1v) is 6.81. The number of benzene rings is 1. The predicted molar refractivity (Wildman–Crippen MR) is 71.9 cm³/mol. The van der Waals surface area contributed by atoms with Crippen molar-refractivity contribution in [2.24, 2.45) is 0 Å². The highest BCUT2D eigenvalue weighted by atomic mass is 79.9. The summed E-state index contributed by atoms with van der Waals surface area (Å²) < 4.78 is 7.49. The molecule has 0 aliphatic rings. The molecule has 0 aliphatic heterocycles. The Hall–Kier alpha value is -0.350. The van der Waals surface area contributed by atoms with Crippen LogP contribution in [0.15, 0.2) is 27.1 Å². The smallest absolute Gasteiger partial charge is 0.133 e. The van der Waals surface area contributed by atoms with Crippen molar-refractivity contribution < 1.29 is 9.53 Å². The van der Waals surface area contributed by atoms with Crippen molar-refractivity contribution >= 4 is 37.6 Å². The molecule has 0 saturated heterocycles. The SMILES string of the molecule is CCC(=O)CCCOc1ccc(Br)cc1Br. The van der Waals surface area contributed by atoms with Gasteiger partial charge in [-0.1, -0.05) is 22.9 Å². The lowest BCUT2D eigenvalue weighted by Gasteiger charge is -2.07. The van der Waals surface area contributed by atoms with Gasteiger partial charge in [0.05, 0.1) is 11.1 Å². The summed E-state index contributed by atoms with van der Waals surface area (Å²) in [4.78, 5) is 11.1. The van der Waals surface area contributed by atoms with Crippen LogP contribution in [0.3, 0.4) is 0 Å². The summed E-state index contributed by atoms with van der Waals surface area (Å²) in [5, 5.41) is 0. The van der Waals surface area contributed by atoms with Gasteiger partial charge in [0.2, 0.25) is 0 Å². The molecule has 1 aromatic carbocycles. The fraction of sp³-hybridized carbons (Fsp3) is 0.417. The summed E-state index contributed by atoms with van der Waals surface area (Å²) in [5.74, 6) is 1.10. The molecule has 0 saturated carbocycles. The minimum absolute atomic E-state index is 0.290. The van der Waals surface area contributed by atoms with E-state index < -0.39 is 0 Å². The second-order valence-corrected chi connectivity index (χ2v) is 5.19. The third-order valence-electron chi connectivity index (χ3n) is 2.15. The van der Waals surface area contributed by atoms with Crippen LogP contribution < -0.4 is 4.74 Å². The van der Waals surface area contributed by atoms with Crippen molar-refractivity contribution in [3.05, 3.63) is 27.1 Å². The van der Waals surface area contributed by atoms with E-state index in [0.717, 1.165) is 21.1 Å². The number of hydrogen-bond donors (Lipinski definition) is 0. The number of ether oxygens (including phenoxy) is 1. The van der Waals surface area contributed by atoms with E-state index in [1.54, 1.807) is 0 Å². The Labute approximate surface area is 113 Å². The summed E-state index contributed by atoms with van der Waals surface area (Å²) >= 11 is 6.80. The van der Waals surface area contributed by atoms with E-state index in [0.29, 0.717) is 25.2 Å². The van der Waals surface area contributed by atoms with Crippen LogP contribution in [-0.4, -0.2) is 12.4 Å². The topological polar surface area (TPSA) is 26.3 Å². The van der Waals surface area contributed by atoms with Crippen LogP contribution in [0.2, 0.25) is 0 Å². The Morgan fingerprint density at radius 1 is 1.38 bits per heavy atom. The zero-order valence-electron chi connectivity index (χ0n) is 9.13. The summed E-state index contributed by atoms with van der Waals surface area (Å²) in [7, 11) is 0. The lowest BCUT2D eigenvalue weighted by molar-refractivity contribution is -0.118. The molecule has 0 radical (unpaired) electrons. The monoisotopic (exact) mass is 348 g/mol. The second kappa shape index (κ2) is 7.07. The van der Waals surface area contributed by atoms with Crippen LogP contribution in [0.5, 0.6) is 5.75 Å². The predicted octanol–water partition coefficient (Wildman–Crippen LogP) is 4.35. The number of carbonyl (C=O) groups excluding carboxylic acids is 1. The number of Topliss-reactive ketones (excluding diaryl/α,β-unsaturated/α-hetero) is 1. The van der Waals surface area contributed by atoms with Gasteiger partial charge in [-0.3, -0.25) is 4.79 Å². The average molecular weight is 350 g/mol. The molecule has 0 unspecified atom stereocenters. The summed E-state index contributed by atoms with van der Waals surface area (Å²) in [6, 6.07) is 5.76. The van der Waals surface area contributed by atoms with E-state index in [4.69, 9.17) is 4.74 Å². The van der Waals surface area contributed by atoms with E-state index in [1.165, 1.54) is 0 Å². The Balaban J connectivity index is 2.35. The Kier molecular flexibility index (Phi) is 6.06. The first-order chi connectivity index (χ1) is 7.63. The van der Waals surface area contributed by atoms with Crippen LogP contribution in [-0.2, 0) is 4.79 Å². The van der Waals surface area contributed by atoms with Crippen molar-refractivity contribution in [3.63, 3.8) is 0 Å². The van der Waals surface area contributed by atoms with Gasteiger partial charge in [-0.05, 0) is 40.5 Å². The lowest BCUT2D eigenvalue weighted by Crippen LogP contribution is -2.02. The normalized spacial score (nSPS) is 10.2. The van der Waals surface area contributed by atoms with Crippen molar-refractivity contribution in [2.45, 2.75) is 26.2 Å². The Morgan fingerprint density at radius 2 is 2.12 bits per heavy atom. The molecule has 0 N–H and O–H groups in total. The van der Waals surface area contributed by atoms with Gasteiger partial charge in [-0.2, -0.15) is 0 Å². The molecule has 0 aromatic heterocycles. The van der Waals surface area contributed by atoms with Gasteiger partial charge >= 0.3 is 0 Å². The highest BCUT2D eigenvalue weighted by Gasteiger charge is 2.02. The molecule has 0 spiro atoms. The van der Waals surface area contributed by atoms with Crippen LogP contribution >= 0.6 is 31.9 Å². The number of ketones is 1. The number of hydrogen-bond acceptors (Lipinski definition) is 2. The molecule has 2 nitrogen and oxygen atoms in total. The van der Waals surface area contributed by atoms with Crippen LogP contribution in [0.25, 0.3) is 0 Å². The maximum absolute atomic E-state index is 11.1. The number of halogens is 2. The van der Waals surface area contributed by atoms with Crippen molar-refractivity contribution in [1.29, 1.82) is 0 Å². The molecule has 16 heavy (non-hydrogen) atoms. The van der Waals surface area contributed by atoms with E-state index >= 15 is 0 Å². The van der Waals surface area contributed by atoms with Gasteiger partial charge in [0.15, 0.2) is 0 Å². The van der Waals surface area contributed by atoms with Gasteiger partial charge in [-0.25, -0.2) is 0 Å². The van der Waals surface area contributed by atoms with E-state index in [1.807, 2.05) is 25.1 Å². The van der Waals surface area contributed by atoms with Crippen LogP contribution in [0, 0.1) is 0 Å². The lowest BCUT2D eigenvalue weighted by atomic mass is 10.2. The standard InChI is InChI=1S/C12H14Br2O2/c1-2-10(15)4-3-7-16-12-6-5-9(13)8-11(12)14/h5-6,8H,2-4,7H2,1H3. The van der Waals surface area contributed by atoms with Crippen molar-refractivity contribution in [3.8, 4) is 5.75 Å². The third kappa shape index (κ3) is 4.66. The molecule has 0 atom stereocenters. The first-order valence-electron chi connectivity index (χ1n) is 5.23. The van der Waals surface area contributed by atoms with Gasteiger partial charge < -0.3 is 4.74 Å². The molecule has 1 aromatic rings. The highest BCUT2D eigenvalue weighted by molar-refractivity contribution is 9.11. The van der Waals surface area contributed by atoms with Gasteiger partial charge in [0.25, 0.3) is 0 Å². The average Bonchev–Trinajstić information content (AvgIpc) is 2.26. The van der Waals surface area contributed by atoms with Crippen LogP contribution in [0.1, 0.15) is 26.2 Å². The summed E-state index contributed by atoms with van der Waals surface area (Å²) in [6.45, 7) is 2.46. The summed E-state index contributed by atoms with van der Waals surface area (Å²) in [5.41, 5.74) is 0. The van der Waals surface area contributed by atoms with Gasteiger partial charge in [0.1, 0.15) is 11.5 Å². The van der Waals surface area contributed by atoms with Crippen molar-refractivity contribution in [2.75, 3.05) is 6.61 Å². The fourth-order valence-corrected chi connectivity index (χ4v) is 2.38. The minimum Gasteiger partial charge on any atom is -0.492 e. The molecule has 4 heteroatoms. The van der Waals surface area contributed by atoms with E-state index in [2.05, 4.69) is 31.9 Å². The van der Waals surface area contributed by atoms with E-state index in [-0.39, 0.29) is 0 Å². The third-order valence-corrected chi connectivity index (χ3v) is 3.26. The molecule has 0 bridgehead atoms. The zero-order valence-corrected chi connectivity index (χ0v) is 12.3. The summed E-state index contributed by atoms with van der Waals surface area (Å²) in [6.07, 6.45) is 1.99. The molecule has 0 fully saturated rings.